The highest BCUT2D eigenvalue weighted by atomic mass is 127. The molecule has 32 heavy (non-hydrogen) atoms. The van der Waals surface area contributed by atoms with E-state index in [1.54, 1.807) is 32.9 Å². The SMILES string of the molecule is COC(=O)C(CC(F)(F)F)NC(=O)[C@H](c1ccc(OC)c(I)c1)N(C)C(=O)OC(C)(C)C. The van der Waals surface area contributed by atoms with Gasteiger partial charge in [-0.25, -0.2) is 9.59 Å². The van der Waals surface area contributed by atoms with Gasteiger partial charge in [-0.2, -0.15) is 13.2 Å². The Bertz CT molecular complexity index is 842. The van der Waals surface area contributed by atoms with Crippen LogP contribution in [0.3, 0.4) is 0 Å². The number of rotatable bonds is 7. The molecule has 0 heterocycles. The van der Waals surface area contributed by atoms with E-state index in [0.717, 1.165) is 12.0 Å². The van der Waals surface area contributed by atoms with E-state index in [1.165, 1.54) is 20.2 Å². The van der Waals surface area contributed by atoms with Crippen LogP contribution in [0, 0.1) is 3.57 Å². The lowest BCUT2D eigenvalue weighted by Gasteiger charge is -2.31. The molecule has 0 aliphatic rings. The van der Waals surface area contributed by atoms with Crippen LogP contribution in [0.15, 0.2) is 18.2 Å². The molecule has 2 atom stereocenters. The number of hydrogen-bond donors (Lipinski definition) is 1. The summed E-state index contributed by atoms with van der Waals surface area (Å²) in [4.78, 5) is 38.5. The summed E-state index contributed by atoms with van der Waals surface area (Å²) in [6.45, 7) is 4.88. The predicted molar refractivity (Wildman–Crippen MR) is 117 cm³/mol. The van der Waals surface area contributed by atoms with Gasteiger partial charge in [0.05, 0.1) is 24.2 Å². The van der Waals surface area contributed by atoms with Crippen LogP contribution in [0.4, 0.5) is 18.0 Å². The summed E-state index contributed by atoms with van der Waals surface area (Å²) in [5, 5.41) is 2.05. The Kier molecular flexibility index (Phi) is 9.60. The van der Waals surface area contributed by atoms with Crippen LogP contribution >= 0.6 is 22.6 Å². The minimum absolute atomic E-state index is 0.275. The van der Waals surface area contributed by atoms with Gasteiger partial charge in [0, 0.05) is 7.05 Å². The van der Waals surface area contributed by atoms with Crippen molar-refractivity contribution in [3.63, 3.8) is 0 Å². The van der Waals surface area contributed by atoms with Gasteiger partial charge in [-0.3, -0.25) is 9.69 Å². The van der Waals surface area contributed by atoms with E-state index in [9.17, 15) is 27.6 Å². The maximum absolute atomic E-state index is 13.1. The number of hydrogen-bond acceptors (Lipinski definition) is 6. The number of nitrogens with zero attached hydrogens (tertiary/aromatic N) is 1. The Hall–Kier alpha value is -2.25. The highest BCUT2D eigenvalue weighted by Gasteiger charge is 2.39. The molecule has 1 aromatic rings. The molecule has 180 valence electrons. The number of carbonyl (C=O) groups excluding carboxylic acids is 3. The molecule has 1 aromatic carbocycles. The number of carbonyl (C=O) groups is 3. The number of likely N-dealkylation sites (N-methyl/N-ethyl adjacent to an activating group) is 1. The van der Waals surface area contributed by atoms with Crippen molar-refractivity contribution in [3.8, 4) is 5.75 Å². The zero-order chi connectivity index (χ0) is 24.9. The second kappa shape index (κ2) is 11.1. The van der Waals surface area contributed by atoms with Crippen molar-refractivity contribution >= 4 is 40.6 Å². The van der Waals surface area contributed by atoms with E-state index in [1.807, 2.05) is 22.6 Å². The number of halogens is 4. The van der Waals surface area contributed by atoms with E-state index in [4.69, 9.17) is 9.47 Å². The molecule has 0 bridgehead atoms. The van der Waals surface area contributed by atoms with Crippen molar-refractivity contribution in [1.29, 1.82) is 0 Å². The molecule has 1 N–H and O–H groups in total. The standard InChI is InChI=1S/C20H26F3IN2O6/c1-19(2,3)32-18(29)26(4)15(11-7-8-14(30-5)12(24)9-11)16(27)25-13(17(28)31-6)10-20(21,22)23/h7-9,13,15H,10H2,1-6H3,(H,25,27)/t13?,15-/m0/s1. The summed E-state index contributed by atoms with van der Waals surface area (Å²) >= 11 is 1.95. The maximum Gasteiger partial charge on any atom is 0.410 e. The van der Waals surface area contributed by atoms with Crippen LogP contribution in [-0.2, 0) is 19.1 Å². The molecule has 0 spiro atoms. The summed E-state index contributed by atoms with van der Waals surface area (Å²) in [6.07, 6.45) is -7.25. The van der Waals surface area contributed by atoms with E-state index in [0.29, 0.717) is 9.32 Å². The van der Waals surface area contributed by atoms with E-state index in [-0.39, 0.29) is 5.56 Å². The normalized spacial score (nSPS) is 13.6. The van der Waals surface area contributed by atoms with Crippen molar-refractivity contribution in [3.05, 3.63) is 27.3 Å². The average Bonchev–Trinajstić information content (AvgIpc) is 2.64. The topological polar surface area (TPSA) is 94.2 Å². The first kappa shape index (κ1) is 27.8. The number of methoxy groups -OCH3 is 2. The number of alkyl halides is 3. The molecule has 0 radical (unpaired) electrons. The lowest BCUT2D eigenvalue weighted by molar-refractivity contribution is -0.162. The highest BCUT2D eigenvalue weighted by Crippen LogP contribution is 2.29. The number of amides is 2. The van der Waals surface area contributed by atoms with Gasteiger partial charge in [-0.15, -0.1) is 0 Å². The van der Waals surface area contributed by atoms with Crippen LogP contribution in [0.25, 0.3) is 0 Å². The zero-order valence-electron chi connectivity index (χ0n) is 18.5. The number of benzene rings is 1. The predicted octanol–water partition coefficient (Wildman–Crippen LogP) is 3.82. The Labute approximate surface area is 197 Å². The third-order valence-electron chi connectivity index (χ3n) is 4.05. The quantitative estimate of drug-likeness (QED) is 0.394. The van der Waals surface area contributed by atoms with Crippen molar-refractivity contribution in [2.75, 3.05) is 21.3 Å². The summed E-state index contributed by atoms with van der Waals surface area (Å²) < 4.78 is 54.2. The largest absolute Gasteiger partial charge is 0.496 e. The first-order valence-corrected chi connectivity index (χ1v) is 10.4. The molecule has 0 aliphatic carbocycles. The number of ether oxygens (including phenoxy) is 3. The van der Waals surface area contributed by atoms with Gasteiger partial charge < -0.3 is 19.5 Å². The van der Waals surface area contributed by atoms with Crippen molar-refractivity contribution < 1.29 is 41.8 Å². The van der Waals surface area contributed by atoms with Gasteiger partial charge in [0.25, 0.3) is 0 Å². The average molecular weight is 574 g/mol. The second-order valence-electron chi connectivity index (χ2n) is 7.79. The first-order valence-electron chi connectivity index (χ1n) is 9.33. The molecule has 0 saturated heterocycles. The van der Waals surface area contributed by atoms with Gasteiger partial charge in [0.15, 0.2) is 0 Å². The van der Waals surface area contributed by atoms with Crippen molar-refractivity contribution in [2.45, 2.75) is 51.1 Å². The van der Waals surface area contributed by atoms with E-state index in [2.05, 4.69) is 10.1 Å². The fraction of sp³-hybridized carbons (Fsp3) is 0.550. The van der Waals surface area contributed by atoms with Gasteiger partial charge in [0.1, 0.15) is 23.4 Å². The minimum Gasteiger partial charge on any atom is -0.496 e. The molecule has 12 heteroatoms. The van der Waals surface area contributed by atoms with Crippen molar-refractivity contribution in [1.82, 2.24) is 10.2 Å². The molecule has 1 unspecified atom stereocenters. The maximum atomic E-state index is 13.1. The fourth-order valence-electron chi connectivity index (χ4n) is 2.66. The van der Waals surface area contributed by atoms with Crippen LogP contribution < -0.4 is 10.1 Å². The molecule has 0 aliphatic heterocycles. The molecule has 1 rings (SSSR count). The number of nitrogens with one attached hydrogen (secondary N) is 1. The molecule has 0 aromatic heterocycles. The lowest BCUT2D eigenvalue weighted by Crippen LogP contribution is -2.50. The second-order valence-corrected chi connectivity index (χ2v) is 8.95. The van der Waals surface area contributed by atoms with Gasteiger partial charge in [0.2, 0.25) is 5.91 Å². The molecule has 8 nitrogen and oxygen atoms in total. The fourth-order valence-corrected chi connectivity index (χ4v) is 3.42. The lowest BCUT2D eigenvalue weighted by atomic mass is 10.0. The summed E-state index contributed by atoms with van der Waals surface area (Å²) in [7, 11) is 3.63. The molecular weight excluding hydrogens is 548 g/mol. The molecule has 0 fully saturated rings. The van der Waals surface area contributed by atoms with E-state index < -0.39 is 48.3 Å². The molecule has 0 saturated carbocycles. The summed E-state index contributed by atoms with van der Waals surface area (Å²) in [5.41, 5.74) is -0.609. The Morgan fingerprint density at radius 1 is 1.16 bits per heavy atom. The Morgan fingerprint density at radius 3 is 2.19 bits per heavy atom. The van der Waals surface area contributed by atoms with E-state index >= 15 is 0 Å². The van der Waals surface area contributed by atoms with Crippen LogP contribution in [0.5, 0.6) is 5.75 Å². The Morgan fingerprint density at radius 2 is 1.75 bits per heavy atom. The summed E-state index contributed by atoms with van der Waals surface area (Å²) in [5.74, 6) is -1.78. The van der Waals surface area contributed by atoms with Crippen LogP contribution in [0.2, 0.25) is 0 Å². The Balaban J connectivity index is 3.37. The van der Waals surface area contributed by atoms with Gasteiger partial charge in [-0.05, 0) is 61.1 Å². The monoisotopic (exact) mass is 574 g/mol. The highest BCUT2D eigenvalue weighted by molar-refractivity contribution is 14.1. The smallest absolute Gasteiger partial charge is 0.410 e. The first-order chi connectivity index (χ1) is 14.6. The third-order valence-corrected chi connectivity index (χ3v) is 4.89. The summed E-state index contributed by atoms with van der Waals surface area (Å²) in [6, 6.07) is 1.20. The van der Waals surface area contributed by atoms with Gasteiger partial charge >= 0.3 is 18.2 Å². The van der Waals surface area contributed by atoms with Crippen molar-refractivity contribution in [2.24, 2.45) is 0 Å². The number of esters is 1. The molecule has 2 amide bonds. The zero-order valence-corrected chi connectivity index (χ0v) is 20.7. The molecular formula is C20H26F3IN2O6. The van der Waals surface area contributed by atoms with Crippen LogP contribution in [0.1, 0.15) is 38.8 Å². The van der Waals surface area contributed by atoms with Gasteiger partial charge in [-0.1, -0.05) is 6.07 Å². The minimum atomic E-state index is -4.74. The van der Waals surface area contributed by atoms with Crippen LogP contribution in [-0.4, -0.2) is 62.0 Å². The third kappa shape index (κ3) is 8.36.